The van der Waals surface area contributed by atoms with Crippen LogP contribution < -0.4 is 0 Å². The number of thioether (sulfide) groups is 1. The Hall–Kier alpha value is -1.17. The van der Waals surface area contributed by atoms with Gasteiger partial charge in [0.25, 0.3) is 0 Å². The van der Waals surface area contributed by atoms with Gasteiger partial charge in [-0.25, -0.2) is 4.98 Å². The molecule has 0 amide bonds. The van der Waals surface area contributed by atoms with Crippen molar-refractivity contribution in [2.45, 2.75) is 23.3 Å². The van der Waals surface area contributed by atoms with E-state index in [4.69, 9.17) is 39.5 Å². The zero-order valence-electron chi connectivity index (χ0n) is 13.8. The molecule has 0 N–H and O–H groups in total. The Morgan fingerprint density at radius 2 is 1.81 bits per heavy atom. The molecule has 1 aromatic heterocycles. The molecule has 0 spiro atoms. The van der Waals surface area contributed by atoms with Crippen LogP contribution in [0.1, 0.15) is 5.56 Å². The van der Waals surface area contributed by atoms with Crippen molar-refractivity contribution >= 4 is 46.6 Å². The number of ether oxygens (including phenoxy) is 1. The number of halogens is 3. The third kappa shape index (κ3) is 5.93. The number of imidazole rings is 1. The number of hydrogen-bond acceptors (Lipinski definition) is 3. The average Bonchev–Trinajstić information content (AvgIpc) is 3.12. The third-order valence-corrected chi connectivity index (χ3v) is 5.79. The molecule has 3 aromatic rings. The summed E-state index contributed by atoms with van der Waals surface area (Å²) in [7, 11) is 0. The molecule has 136 valence electrons. The minimum Gasteiger partial charge on any atom is -0.376 e. The maximum atomic E-state index is 6.32. The van der Waals surface area contributed by atoms with Crippen LogP contribution in [0.3, 0.4) is 0 Å². The van der Waals surface area contributed by atoms with Gasteiger partial charge in [0.2, 0.25) is 0 Å². The zero-order valence-corrected chi connectivity index (χ0v) is 16.9. The molecule has 2 aromatic carbocycles. The van der Waals surface area contributed by atoms with Gasteiger partial charge in [-0.05, 0) is 35.9 Å². The molecule has 0 fully saturated rings. The molecule has 0 bridgehead atoms. The van der Waals surface area contributed by atoms with Crippen LogP contribution in [-0.4, -0.2) is 21.4 Å². The molecule has 0 saturated carbocycles. The summed E-state index contributed by atoms with van der Waals surface area (Å²) in [6.45, 7) is 1.88. The van der Waals surface area contributed by atoms with E-state index >= 15 is 0 Å². The standard InChI is InChI=1S/C19H17Cl3N2OS/c20-15-3-1-14(2-4-15)11-25-12-17(10-24-8-7-23-13-24)26-19-6-5-16(21)9-18(19)22/h1-9,13,17H,10-12H2. The third-order valence-electron chi connectivity index (χ3n) is 3.65. The highest BCUT2D eigenvalue weighted by molar-refractivity contribution is 8.00. The Kier molecular flexibility index (Phi) is 7.29. The molecule has 0 saturated heterocycles. The summed E-state index contributed by atoms with van der Waals surface area (Å²) in [6, 6.07) is 13.2. The topological polar surface area (TPSA) is 27.1 Å². The van der Waals surface area contributed by atoms with Gasteiger partial charge in [0.15, 0.2) is 0 Å². The van der Waals surface area contributed by atoms with E-state index in [9.17, 15) is 0 Å². The van der Waals surface area contributed by atoms with Crippen LogP contribution in [0.25, 0.3) is 0 Å². The highest BCUT2D eigenvalue weighted by atomic mass is 35.5. The summed E-state index contributed by atoms with van der Waals surface area (Å²) in [5.74, 6) is 0. The second kappa shape index (κ2) is 9.67. The minimum atomic E-state index is 0.176. The summed E-state index contributed by atoms with van der Waals surface area (Å²) < 4.78 is 7.97. The lowest BCUT2D eigenvalue weighted by Crippen LogP contribution is -2.18. The van der Waals surface area contributed by atoms with E-state index in [1.807, 2.05) is 47.2 Å². The number of nitrogens with zero attached hydrogens (tertiary/aromatic N) is 2. The molecular weight excluding hydrogens is 411 g/mol. The van der Waals surface area contributed by atoms with Crippen molar-refractivity contribution < 1.29 is 4.74 Å². The average molecular weight is 428 g/mol. The number of benzene rings is 2. The maximum Gasteiger partial charge on any atom is 0.0946 e. The van der Waals surface area contributed by atoms with Crippen molar-refractivity contribution in [1.29, 1.82) is 0 Å². The lowest BCUT2D eigenvalue weighted by atomic mass is 10.2. The van der Waals surface area contributed by atoms with Gasteiger partial charge >= 0.3 is 0 Å². The van der Waals surface area contributed by atoms with Crippen LogP contribution in [0.15, 0.2) is 66.1 Å². The van der Waals surface area contributed by atoms with Crippen LogP contribution >= 0.6 is 46.6 Å². The van der Waals surface area contributed by atoms with Crippen molar-refractivity contribution in [3.63, 3.8) is 0 Å². The summed E-state index contributed by atoms with van der Waals surface area (Å²) >= 11 is 19.9. The molecule has 0 aliphatic rings. The summed E-state index contributed by atoms with van der Waals surface area (Å²) in [4.78, 5) is 5.09. The molecule has 3 rings (SSSR count). The van der Waals surface area contributed by atoms with Gasteiger partial charge in [0.1, 0.15) is 0 Å². The van der Waals surface area contributed by atoms with Gasteiger partial charge in [-0.2, -0.15) is 0 Å². The van der Waals surface area contributed by atoms with E-state index in [1.54, 1.807) is 30.4 Å². The molecule has 26 heavy (non-hydrogen) atoms. The zero-order chi connectivity index (χ0) is 18.4. The maximum absolute atomic E-state index is 6.32. The highest BCUT2D eigenvalue weighted by Gasteiger charge is 2.14. The Morgan fingerprint density at radius 1 is 1.04 bits per heavy atom. The monoisotopic (exact) mass is 426 g/mol. The number of rotatable bonds is 8. The Bertz CT molecular complexity index is 825. The Morgan fingerprint density at radius 3 is 2.50 bits per heavy atom. The van der Waals surface area contributed by atoms with Gasteiger partial charge in [-0.1, -0.05) is 46.9 Å². The number of hydrogen-bond donors (Lipinski definition) is 0. The molecule has 1 atom stereocenters. The predicted molar refractivity (Wildman–Crippen MR) is 109 cm³/mol. The normalized spacial score (nSPS) is 12.3. The fraction of sp³-hybridized carbons (Fsp3) is 0.211. The highest BCUT2D eigenvalue weighted by Crippen LogP contribution is 2.33. The molecule has 1 unspecified atom stereocenters. The van der Waals surface area contributed by atoms with Crippen LogP contribution in [0.2, 0.25) is 15.1 Å². The first kappa shape index (κ1) is 19.6. The summed E-state index contributed by atoms with van der Waals surface area (Å²) in [6.07, 6.45) is 5.51. The van der Waals surface area contributed by atoms with E-state index in [0.717, 1.165) is 22.0 Å². The second-order valence-corrected chi connectivity index (χ2v) is 8.34. The summed E-state index contributed by atoms with van der Waals surface area (Å²) in [5, 5.41) is 2.18. The largest absolute Gasteiger partial charge is 0.376 e. The first-order valence-electron chi connectivity index (χ1n) is 8.00. The van der Waals surface area contributed by atoms with Crippen LogP contribution in [0.4, 0.5) is 0 Å². The molecule has 0 aliphatic carbocycles. The van der Waals surface area contributed by atoms with Gasteiger partial charge in [0, 0.05) is 33.9 Å². The second-order valence-electron chi connectivity index (χ2n) is 5.72. The Balaban J connectivity index is 1.63. The lowest BCUT2D eigenvalue weighted by molar-refractivity contribution is 0.119. The first-order valence-corrected chi connectivity index (χ1v) is 10.0. The SMILES string of the molecule is Clc1ccc(COCC(Cn2ccnc2)Sc2ccc(Cl)cc2Cl)cc1. The van der Waals surface area contributed by atoms with Crippen molar-refractivity contribution in [3.8, 4) is 0 Å². The summed E-state index contributed by atoms with van der Waals surface area (Å²) in [5.41, 5.74) is 1.09. The van der Waals surface area contributed by atoms with E-state index in [2.05, 4.69) is 4.98 Å². The van der Waals surface area contributed by atoms with E-state index in [0.29, 0.717) is 23.3 Å². The van der Waals surface area contributed by atoms with Crippen molar-refractivity contribution in [3.05, 3.63) is 81.8 Å². The van der Waals surface area contributed by atoms with Crippen molar-refractivity contribution in [2.24, 2.45) is 0 Å². The quantitative estimate of drug-likeness (QED) is 0.399. The fourth-order valence-corrected chi connectivity index (χ4v) is 4.15. The molecule has 0 radical (unpaired) electrons. The molecule has 1 heterocycles. The predicted octanol–water partition coefficient (Wildman–Crippen LogP) is 6.22. The lowest BCUT2D eigenvalue weighted by Gasteiger charge is -2.18. The van der Waals surface area contributed by atoms with Crippen molar-refractivity contribution in [2.75, 3.05) is 6.61 Å². The van der Waals surface area contributed by atoms with E-state index in [1.165, 1.54) is 0 Å². The Labute approximate surface area is 172 Å². The van der Waals surface area contributed by atoms with Crippen LogP contribution in [0, 0.1) is 0 Å². The smallest absolute Gasteiger partial charge is 0.0946 e. The van der Waals surface area contributed by atoms with Gasteiger partial charge < -0.3 is 9.30 Å². The van der Waals surface area contributed by atoms with E-state index < -0.39 is 0 Å². The molecule has 0 aliphatic heterocycles. The van der Waals surface area contributed by atoms with Gasteiger partial charge in [0.05, 0.1) is 29.8 Å². The van der Waals surface area contributed by atoms with Crippen LogP contribution in [0.5, 0.6) is 0 Å². The first-order chi connectivity index (χ1) is 12.6. The van der Waals surface area contributed by atoms with Gasteiger partial charge in [-0.15, -0.1) is 11.8 Å². The fourth-order valence-electron chi connectivity index (χ4n) is 2.39. The van der Waals surface area contributed by atoms with Crippen LogP contribution in [-0.2, 0) is 17.9 Å². The number of aromatic nitrogens is 2. The van der Waals surface area contributed by atoms with E-state index in [-0.39, 0.29) is 5.25 Å². The minimum absolute atomic E-state index is 0.176. The van der Waals surface area contributed by atoms with Crippen molar-refractivity contribution in [1.82, 2.24) is 9.55 Å². The molecule has 7 heteroatoms. The van der Waals surface area contributed by atoms with Gasteiger partial charge in [-0.3, -0.25) is 0 Å². The molecular formula is C19H17Cl3N2OS. The molecule has 3 nitrogen and oxygen atoms in total.